The summed E-state index contributed by atoms with van der Waals surface area (Å²) in [6.07, 6.45) is 1.17. The molecule has 3 heterocycles. The van der Waals surface area contributed by atoms with E-state index >= 15 is 0 Å². The monoisotopic (exact) mass is 484 g/mol. The van der Waals surface area contributed by atoms with E-state index in [0.29, 0.717) is 49.7 Å². The summed E-state index contributed by atoms with van der Waals surface area (Å²) in [4.78, 5) is 27.7. The molecule has 1 aromatic heterocycles. The van der Waals surface area contributed by atoms with Crippen LogP contribution in [0.3, 0.4) is 0 Å². The maximum absolute atomic E-state index is 13.4. The van der Waals surface area contributed by atoms with Crippen molar-refractivity contribution in [2.24, 2.45) is 10.5 Å². The van der Waals surface area contributed by atoms with Crippen LogP contribution < -0.4 is 9.47 Å². The molecule has 0 spiro atoms. The zero-order valence-electron chi connectivity index (χ0n) is 20.5. The Labute approximate surface area is 204 Å². The fraction of sp³-hybridized carbons (Fsp3) is 0.480. The fourth-order valence-corrected chi connectivity index (χ4v) is 4.63. The molecule has 10 heteroatoms. The molecule has 0 saturated carbocycles. The lowest BCUT2D eigenvalue weighted by atomic mass is 9.83. The molecule has 1 saturated heterocycles. The molecule has 188 valence electrons. The summed E-state index contributed by atoms with van der Waals surface area (Å²) in [7, 11) is 1.58. The number of benzene rings is 1. The van der Waals surface area contributed by atoms with Crippen molar-refractivity contribution >= 4 is 17.5 Å². The number of carbonyl (C=O) groups excluding carboxylic acids is 2. The molecule has 1 aromatic carbocycles. The van der Waals surface area contributed by atoms with E-state index in [4.69, 9.17) is 14.6 Å². The Kier molecular flexibility index (Phi) is 6.64. The van der Waals surface area contributed by atoms with Gasteiger partial charge in [-0.05, 0) is 51.8 Å². The summed E-state index contributed by atoms with van der Waals surface area (Å²) in [5, 5.41) is 25.9. The average Bonchev–Trinajstić information content (AvgIpc) is 3.28. The molecule has 0 unspecified atom stereocenters. The molecule has 2 N–H and O–H groups in total. The van der Waals surface area contributed by atoms with Crippen molar-refractivity contribution in [1.82, 2.24) is 14.5 Å². The number of rotatable bonds is 7. The average molecular weight is 485 g/mol. The van der Waals surface area contributed by atoms with Gasteiger partial charge >= 0.3 is 0 Å². The van der Waals surface area contributed by atoms with Crippen LogP contribution in [0.1, 0.15) is 39.2 Å². The van der Waals surface area contributed by atoms with E-state index in [1.54, 1.807) is 17.0 Å². The summed E-state index contributed by atoms with van der Waals surface area (Å²) in [6.45, 7) is 6.89. The van der Waals surface area contributed by atoms with Gasteiger partial charge in [0.25, 0.3) is 5.91 Å². The van der Waals surface area contributed by atoms with Gasteiger partial charge < -0.3 is 24.6 Å². The molecule has 0 radical (unpaired) electrons. The second-order valence-corrected chi connectivity index (χ2v) is 9.27. The summed E-state index contributed by atoms with van der Waals surface area (Å²) >= 11 is 0. The normalized spacial score (nSPS) is 18.1. The van der Waals surface area contributed by atoms with Gasteiger partial charge in [0.15, 0.2) is 23.3 Å². The Balaban J connectivity index is 1.48. The zero-order valence-corrected chi connectivity index (χ0v) is 20.5. The van der Waals surface area contributed by atoms with Crippen molar-refractivity contribution in [2.75, 3.05) is 26.8 Å². The number of likely N-dealkylation sites (tertiary alicyclic amines) is 1. The molecule has 0 atom stereocenters. The van der Waals surface area contributed by atoms with Crippen molar-refractivity contribution in [3.05, 3.63) is 35.9 Å². The number of aromatic hydroxyl groups is 2. The number of hydrogen-bond acceptors (Lipinski definition) is 7. The Morgan fingerprint density at radius 2 is 1.77 bits per heavy atom. The molecule has 35 heavy (non-hydrogen) atoms. The van der Waals surface area contributed by atoms with Gasteiger partial charge in [-0.15, -0.1) is 0 Å². The Morgan fingerprint density at radius 1 is 1.11 bits per heavy atom. The number of hydrogen-bond donors (Lipinski definition) is 2. The standard InChI is InChI=1S/C25H32N4O6/c1-5-35-19-14-16(6-7-18(19)34-4)23-25(2,3)24(33)29(26-23)17-10-12-27(13-11-17)22(32)15-28-20(30)8-9-21(28)31/h6-9,14,17,30-31H,5,10-13,15H2,1-4H3. The van der Waals surface area contributed by atoms with Crippen molar-refractivity contribution in [3.8, 4) is 23.3 Å². The van der Waals surface area contributed by atoms with Gasteiger partial charge in [-0.1, -0.05) is 0 Å². The van der Waals surface area contributed by atoms with E-state index in [2.05, 4.69) is 0 Å². The molecule has 2 aromatic rings. The van der Waals surface area contributed by atoms with Crippen molar-refractivity contribution in [1.29, 1.82) is 0 Å². The van der Waals surface area contributed by atoms with Gasteiger partial charge in [0.05, 0.1) is 30.9 Å². The number of hydrazone groups is 1. The third-order valence-electron chi connectivity index (χ3n) is 6.67. The van der Waals surface area contributed by atoms with Crippen molar-refractivity contribution in [3.63, 3.8) is 0 Å². The Bertz CT molecular complexity index is 1130. The second-order valence-electron chi connectivity index (χ2n) is 9.27. The molecule has 2 amide bonds. The van der Waals surface area contributed by atoms with E-state index in [9.17, 15) is 19.8 Å². The minimum Gasteiger partial charge on any atom is -0.494 e. The molecular weight excluding hydrogens is 452 g/mol. The SMILES string of the molecule is CCOc1cc(C2=NN(C3CCN(C(=O)Cn4c(O)ccc4O)CC3)C(=O)C2(C)C)ccc1OC. The number of amides is 2. The van der Waals surface area contributed by atoms with Crippen LogP contribution in [0.25, 0.3) is 0 Å². The first-order valence-electron chi connectivity index (χ1n) is 11.8. The van der Waals surface area contributed by atoms with E-state index < -0.39 is 5.41 Å². The highest BCUT2D eigenvalue weighted by atomic mass is 16.5. The highest BCUT2D eigenvalue weighted by Gasteiger charge is 2.47. The lowest BCUT2D eigenvalue weighted by Gasteiger charge is -2.35. The molecule has 1 fully saturated rings. The highest BCUT2D eigenvalue weighted by molar-refractivity contribution is 6.19. The lowest BCUT2D eigenvalue weighted by Crippen LogP contribution is -2.48. The molecule has 0 bridgehead atoms. The predicted octanol–water partition coefficient (Wildman–Crippen LogP) is 2.57. The maximum atomic E-state index is 13.4. The van der Waals surface area contributed by atoms with Gasteiger partial charge in [0.2, 0.25) is 5.91 Å². The second kappa shape index (κ2) is 9.52. The quantitative estimate of drug-likeness (QED) is 0.624. The van der Waals surface area contributed by atoms with E-state index in [-0.39, 0.29) is 36.2 Å². The van der Waals surface area contributed by atoms with Gasteiger partial charge in [-0.2, -0.15) is 5.10 Å². The van der Waals surface area contributed by atoms with Crippen LogP contribution in [0.5, 0.6) is 23.3 Å². The minimum absolute atomic E-state index is 0.0757. The van der Waals surface area contributed by atoms with Crippen LogP contribution in [-0.4, -0.2) is 75.1 Å². The molecule has 2 aliphatic heterocycles. The summed E-state index contributed by atoms with van der Waals surface area (Å²) in [6, 6.07) is 8.10. The van der Waals surface area contributed by atoms with Crippen LogP contribution in [0.2, 0.25) is 0 Å². The van der Waals surface area contributed by atoms with Gasteiger partial charge in [-0.25, -0.2) is 5.01 Å². The molecule has 2 aliphatic rings. The Hall–Kier alpha value is -3.69. The minimum atomic E-state index is -0.811. The first-order chi connectivity index (χ1) is 16.7. The highest BCUT2D eigenvalue weighted by Crippen LogP contribution is 2.37. The maximum Gasteiger partial charge on any atom is 0.254 e. The zero-order chi connectivity index (χ0) is 25.3. The molecule has 4 rings (SSSR count). The van der Waals surface area contributed by atoms with Crippen LogP contribution in [-0.2, 0) is 16.1 Å². The van der Waals surface area contributed by atoms with Crippen molar-refractivity contribution in [2.45, 2.75) is 46.2 Å². The summed E-state index contributed by atoms with van der Waals surface area (Å²) in [5.41, 5.74) is 0.659. The third kappa shape index (κ3) is 4.52. The first-order valence-corrected chi connectivity index (χ1v) is 11.8. The van der Waals surface area contributed by atoms with Gasteiger partial charge in [-0.3, -0.25) is 14.2 Å². The topological polar surface area (TPSA) is 117 Å². The molecule has 0 aliphatic carbocycles. The number of nitrogens with zero attached hydrogens (tertiary/aromatic N) is 4. The largest absolute Gasteiger partial charge is 0.494 e. The summed E-state index contributed by atoms with van der Waals surface area (Å²) in [5.74, 6) is 0.613. The fourth-order valence-electron chi connectivity index (χ4n) is 4.63. The number of carbonyl (C=O) groups is 2. The number of piperidine rings is 1. The summed E-state index contributed by atoms with van der Waals surface area (Å²) < 4.78 is 12.2. The van der Waals surface area contributed by atoms with E-state index in [0.717, 1.165) is 10.1 Å². The Morgan fingerprint density at radius 3 is 2.37 bits per heavy atom. The number of aromatic nitrogens is 1. The van der Waals surface area contributed by atoms with Gasteiger partial charge in [0, 0.05) is 30.8 Å². The predicted molar refractivity (Wildman–Crippen MR) is 129 cm³/mol. The van der Waals surface area contributed by atoms with Gasteiger partial charge in [0.1, 0.15) is 6.54 Å². The lowest BCUT2D eigenvalue weighted by molar-refractivity contribution is -0.139. The number of ether oxygens (including phenoxy) is 2. The molecule has 10 nitrogen and oxygen atoms in total. The molecular formula is C25H32N4O6. The third-order valence-corrected chi connectivity index (χ3v) is 6.67. The van der Waals surface area contributed by atoms with Crippen LogP contribution in [0.15, 0.2) is 35.4 Å². The number of methoxy groups -OCH3 is 1. The van der Waals surface area contributed by atoms with Crippen LogP contribution in [0, 0.1) is 5.41 Å². The van der Waals surface area contributed by atoms with E-state index in [1.165, 1.54) is 12.1 Å². The van der Waals surface area contributed by atoms with Crippen LogP contribution in [0.4, 0.5) is 0 Å². The first kappa shape index (κ1) is 24.4. The van der Waals surface area contributed by atoms with Crippen molar-refractivity contribution < 1.29 is 29.3 Å². The van der Waals surface area contributed by atoms with E-state index in [1.807, 2.05) is 39.0 Å². The van der Waals surface area contributed by atoms with Crippen LogP contribution >= 0.6 is 0 Å². The smallest absolute Gasteiger partial charge is 0.254 e.